The van der Waals surface area contributed by atoms with Gasteiger partial charge < -0.3 is 4.74 Å². The lowest BCUT2D eigenvalue weighted by Crippen LogP contribution is -1.98. The van der Waals surface area contributed by atoms with Crippen LogP contribution in [0, 0.1) is 23.5 Å². The molecule has 0 aliphatic heterocycles. The van der Waals surface area contributed by atoms with Gasteiger partial charge in [0.2, 0.25) is 0 Å². The largest absolute Gasteiger partial charge is 0.489 e. The molecule has 0 fully saturated rings. The second kappa shape index (κ2) is 7.31. The molecule has 0 bridgehead atoms. The summed E-state index contributed by atoms with van der Waals surface area (Å²) in [5.74, 6) is 4.59. The van der Waals surface area contributed by atoms with Crippen molar-refractivity contribution in [3.8, 4) is 17.6 Å². The molecule has 108 valence electrons. The fourth-order valence-corrected chi connectivity index (χ4v) is 1.88. The highest BCUT2D eigenvalue weighted by atomic mass is 35.5. The first-order valence-electron chi connectivity index (χ1n) is 6.02. The fourth-order valence-electron chi connectivity index (χ4n) is 1.64. The van der Waals surface area contributed by atoms with Crippen LogP contribution in [0.2, 0.25) is 5.02 Å². The highest BCUT2D eigenvalue weighted by Crippen LogP contribution is 2.22. The third-order valence-corrected chi connectivity index (χ3v) is 3.21. The molecule has 0 amide bonds. The second-order valence-electron chi connectivity index (χ2n) is 4.08. The number of alkyl halides is 1. The molecule has 0 aromatic heterocycles. The molecule has 21 heavy (non-hydrogen) atoms. The Hall–Kier alpha value is -1.76. The standard InChI is InChI=1S/C16H10Cl2F2O/c17-8-2-4-11-6-7-13(9-15(11)20)21-10-12-3-1-5-14(19)16(12)18/h1,3,5-7,9H,8,10H2. The fraction of sp³-hybridized carbons (Fsp3) is 0.125. The van der Waals surface area contributed by atoms with Crippen LogP contribution < -0.4 is 4.74 Å². The predicted octanol–water partition coefficient (Wildman–Crippen LogP) is 4.79. The van der Waals surface area contributed by atoms with Crippen molar-refractivity contribution in [1.82, 2.24) is 0 Å². The third-order valence-electron chi connectivity index (χ3n) is 2.66. The van der Waals surface area contributed by atoms with E-state index < -0.39 is 11.6 Å². The molecule has 2 aromatic carbocycles. The van der Waals surface area contributed by atoms with Crippen LogP contribution in [0.3, 0.4) is 0 Å². The van der Waals surface area contributed by atoms with Gasteiger partial charge in [-0.1, -0.05) is 35.6 Å². The first-order chi connectivity index (χ1) is 10.1. The summed E-state index contributed by atoms with van der Waals surface area (Å²) in [7, 11) is 0. The Bertz CT molecular complexity index is 705. The van der Waals surface area contributed by atoms with Crippen LogP contribution in [0.4, 0.5) is 8.78 Å². The minimum atomic E-state index is -0.518. The minimum Gasteiger partial charge on any atom is -0.489 e. The van der Waals surface area contributed by atoms with Gasteiger partial charge in [0.1, 0.15) is 24.0 Å². The lowest BCUT2D eigenvalue weighted by molar-refractivity contribution is 0.304. The van der Waals surface area contributed by atoms with E-state index in [-0.39, 0.29) is 23.1 Å². The molecule has 1 nitrogen and oxygen atoms in total. The van der Waals surface area contributed by atoms with Crippen molar-refractivity contribution in [2.75, 3.05) is 5.88 Å². The normalized spacial score (nSPS) is 9.90. The summed E-state index contributed by atoms with van der Waals surface area (Å²) >= 11 is 11.2. The summed E-state index contributed by atoms with van der Waals surface area (Å²) in [5, 5.41) is 0.00238. The van der Waals surface area contributed by atoms with Crippen molar-refractivity contribution >= 4 is 23.2 Å². The molecule has 0 aliphatic rings. The van der Waals surface area contributed by atoms with Gasteiger partial charge in [-0.3, -0.25) is 0 Å². The summed E-state index contributed by atoms with van der Waals surface area (Å²) in [6.07, 6.45) is 0. The van der Waals surface area contributed by atoms with Crippen molar-refractivity contribution in [3.63, 3.8) is 0 Å². The van der Waals surface area contributed by atoms with Gasteiger partial charge in [0.15, 0.2) is 0 Å². The molecule has 2 rings (SSSR count). The van der Waals surface area contributed by atoms with Gasteiger partial charge in [-0.25, -0.2) is 8.78 Å². The molecule has 0 saturated heterocycles. The maximum atomic E-state index is 13.7. The highest BCUT2D eigenvalue weighted by Gasteiger charge is 2.07. The summed E-state index contributed by atoms with van der Waals surface area (Å²) in [6, 6.07) is 8.72. The van der Waals surface area contributed by atoms with Crippen LogP contribution >= 0.6 is 23.2 Å². The molecule has 0 radical (unpaired) electrons. The SMILES string of the molecule is Fc1cc(OCc2cccc(F)c2Cl)ccc1C#CCCl. The van der Waals surface area contributed by atoms with Crippen LogP contribution in [-0.4, -0.2) is 5.88 Å². The van der Waals surface area contributed by atoms with E-state index in [1.165, 1.54) is 24.3 Å². The highest BCUT2D eigenvalue weighted by molar-refractivity contribution is 6.31. The Morgan fingerprint density at radius 3 is 2.62 bits per heavy atom. The van der Waals surface area contributed by atoms with Crippen LogP contribution in [-0.2, 0) is 6.61 Å². The molecule has 5 heteroatoms. The van der Waals surface area contributed by atoms with E-state index in [0.29, 0.717) is 11.3 Å². The molecule has 0 atom stereocenters. The maximum absolute atomic E-state index is 13.7. The van der Waals surface area contributed by atoms with E-state index in [1.54, 1.807) is 12.1 Å². The van der Waals surface area contributed by atoms with E-state index in [0.717, 1.165) is 0 Å². The quantitative estimate of drug-likeness (QED) is 0.582. The van der Waals surface area contributed by atoms with E-state index in [1.807, 2.05) is 0 Å². The van der Waals surface area contributed by atoms with Crippen LogP contribution in [0.5, 0.6) is 5.75 Å². The molecule has 0 N–H and O–H groups in total. The number of rotatable bonds is 3. The van der Waals surface area contributed by atoms with Crippen molar-refractivity contribution < 1.29 is 13.5 Å². The first-order valence-corrected chi connectivity index (χ1v) is 6.93. The van der Waals surface area contributed by atoms with Gasteiger partial charge in [0.05, 0.1) is 16.5 Å². The minimum absolute atomic E-state index is 0.00238. The van der Waals surface area contributed by atoms with E-state index in [9.17, 15) is 8.78 Å². The molecular weight excluding hydrogens is 317 g/mol. The molecular formula is C16H10Cl2F2O. The van der Waals surface area contributed by atoms with Gasteiger partial charge in [-0.05, 0) is 18.2 Å². The number of hydrogen-bond acceptors (Lipinski definition) is 1. The zero-order valence-corrected chi connectivity index (χ0v) is 12.3. The van der Waals surface area contributed by atoms with Gasteiger partial charge in [0, 0.05) is 11.6 Å². The summed E-state index contributed by atoms with van der Waals surface area (Å²) in [5.41, 5.74) is 0.731. The number of benzene rings is 2. The van der Waals surface area contributed by atoms with Gasteiger partial charge >= 0.3 is 0 Å². The smallest absolute Gasteiger partial charge is 0.142 e. The van der Waals surface area contributed by atoms with Crippen LogP contribution in [0.1, 0.15) is 11.1 Å². The lowest BCUT2D eigenvalue weighted by Gasteiger charge is -2.08. The second-order valence-corrected chi connectivity index (χ2v) is 4.72. The Kier molecular flexibility index (Phi) is 5.44. The summed E-state index contributed by atoms with van der Waals surface area (Å²) < 4.78 is 32.4. The van der Waals surface area contributed by atoms with E-state index >= 15 is 0 Å². The average molecular weight is 327 g/mol. The Labute approximate surface area is 131 Å². The average Bonchev–Trinajstić information content (AvgIpc) is 2.48. The predicted molar refractivity (Wildman–Crippen MR) is 79.7 cm³/mol. The van der Waals surface area contributed by atoms with Crippen molar-refractivity contribution in [2.24, 2.45) is 0 Å². The van der Waals surface area contributed by atoms with E-state index in [4.69, 9.17) is 27.9 Å². The summed E-state index contributed by atoms with van der Waals surface area (Å²) in [4.78, 5) is 0. The van der Waals surface area contributed by atoms with E-state index in [2.05, 4.69) is 11.8 Å². The Morgan fingerprint density at radius 2 is 1.90 bits per heavy atom. The van der Waals surface area contributed by atoms with Crippen LogP contribution in [0.25, 0.3) is 0 Å². The van der Waals surface area contributed by atoms with Gasteiger partial charge in [0.25, 0.3) is 0 Å². The number of hydrogen-bond donors (Lipinski definition) is 0. The molecule has 2 aromatic rings. The number of ether oxygens (including phenoxy) is 1. The Morgan fingerprint density at radius 1 is 1.10 bits per heavy atom. The molecule has 0 aliphatic carbocycles. The third kappa shape index (κ3) is 4.10. The molecule has 0 unspecified atom stereocenters. The molecule has 0 heterocycles. The molecule has 0 spiro atoms. The van der Waals surface area contributed by atoms with Crippen LogP contribution in [0.15, 0.2) is 36.4 Å². The zero-order chi connectivity index (χ0) is 15.2. The lowest BCUT2D eigenvalue weighted by atomic mass is 10.2. The van der Waals surface area contributed by atoms with Crippen molar-refractivity contribution in [2.45, 2.75) is 6.61 Å². The topological polar surface area (TPSA) is 9.23 Å². The van der Waals surface area contributed by atoms with Crippen molar-refractivity contribution in [1.29, 1.82) is 0 Å². The summed E-state index contributed by atoms with van der Waals surface area (Å²) in [6.45, 7) is 0.0444. The van der Waals surface area contributed by atoms with Gasteiger partial charge in [-0.15, -0.1) is 11.6 Å². The molecule has 0 saturated carbocycles. The first kappa shape index (κ1) is 15.6. The van der Waals surface area contributed by atoms with Gasteiger partial charge in [-0.2, -0.15) is 0 Å². The zero-order valence-electron chi connectivity index (χ0n) is 10.8. The van der Waals surface area contributed by atoms with Crippen molar-refractivity contribution in [3.05, 3.63) is 64.2 Å². The number of halogens is 4. The maximum Gasteiger partial charge on any atom is 0.142 e. The monoisotopic (exact) mass is 326 g/mol. The Balaban J connectivity index is 2.10.